The summed E-state index contributed by atoms with van der Waals surface area (Å²) in [4.78, 5) is 28.9. The molecule has 2 amide bonds. The Bertz CT molecular complexity index is 1400. The van der Waals surface area contributed by atoms with E-state index in [-0.39, 0.29) is 18.5 Å². The van der Waals surface area contributed by atoms with E-state index in [9.17, 15) is 18.0 Å². The van der Waals surface area contributed by atoms with Crippen LogP contribution < -0.4 is 14.4 Å². The van der Waals surface area contributed by atoms with Gasteiger partial charge in [0.25, 0.3) is 0 Å². The highest BCUT2D eigenvalue weighted by molar-refractivity contribution is 7.92. The number of sulfonamides is 1. The summed E-state index contributed by atoms with van der Waals surface area (Å²) in [6, 6.07) is 19.5. The second kappa shape index (κ2) is 12.5. The molecule has 0 saturated heterocycles. The van der Waals surface area contributed by atoms with Crippen molar-refractivity contribution < 1.29 is 22.7 Å². The summed E-state index contributed by atoms with van der Waals surface area (Å²) in [5.41, 5.74) is 1.24. The SMILES string of the molecule is CC[C@@H](C(=O)NC1CCCC1)N(Cc1ccc(OC)cc1)C(=O)CN(c1cccc2ccccc12)S(C)(=O)=O. The Labute approximate surface area is 231 Å². The van der Waals surface area contributed by atoms with Crippen LogP contribution >= 0.6 is 0 Å². The maximum absolute atomic E-state index is 14.0. The van der Waals surface area contributed by atoms with Gasteiger partial charge in [0.2, 0.25) is 21.8 Å². The van der Waals surface area contributed by atoms with Gasteiger partial charge in [-0.3, -0.25) is 13.9 Å². The molecule has 0 radical (unpaired) electrons. The number of nitrogens with zero attached hydrogens (tertiary/aromatic N) is 2. The number of carbonyl (C=O) groups excluding carboxylic acids is 2. The minimum Gasteiger partial charge on any atom is -0.497 e. The summed E-state index contributed by atoms with van der Waals surface area (Å²) < 4.78 is 32.5. The molecule has 1 fully saturated rings. The standard InChI is InChI=1S/C30H37N3O5S/c1-4-27(30(35)31-24-12-6-7-13-24)32(20-22-16-18-25(38-2)19-17-22)29(34)21-33(39(3,36)37)28-15-9-11-23-10-5-8-14-26(23)28/h5,8-11,14-19,24,27H,4,6-7,12-13,20-21H2,1-3H3,(H,31,35)/t27-/m0/s1. The Hall–Kier alpha value is -3.59. The number of rotatable bonds is 11. The number of nitrogens with one attached hydrogen (secondary N) is 1. The average molecular weight is 552 g/mol. The number of carbonyl (C=O) groups is 2. The topological polar surface area (TPSA) is 96.0 Å². The van der Waals surface area contributed by atoms with Crippen LogP contribution in [-0.2, 0) is 26.2 Å². The number of benzene rings is 3. The van der Waals surface area contributed by atoms with E-state index >= 15 is 0 Å². The van der Waals surface area contributed by atoms with Gasteiger partial charge in [-0.05, 0) is 48.4 Å². The Morgan fingerprint density at radius 2 is 1.67 bits per heavy atom. The zero-order chi connectivity index (χ0) is 28.0. The minimum atomic E-state index is -3.82. The van der Waals surface area contributed by atoms with Crippen molar-refractivity contribution in [1.82, 2.24) is 10.2 Å². The molecule has 0 spiro atoms. The van der Waals surface area contributed by atoms with E-state index in [0.29, 0.717) is 17.9 Å². The van der Waals surface area contributed by atoms with Crippen molar-refractivity contribution in [3.8, 4) is 5.75 Å². The number of fused-ring (bicyclic) bond motifs is 1. The highest BCUT2D eigenvalue weighted by Crippen LogP contribution is 2.29. The third kappa shape index (κ3) is 6.89. The second-order valence-corrected chi connectivity index (χ2v) is 12.0. The van der Waals surface area contributed by atoms with Crippen LogP contribution in [0.5, 0.6) is 5.75 Å². The summed E-state index contributed by atoms with van der Waals surface area (Å²) >= 11 is 0. The van der Waals surface area contributed by atoms with E-state index < -0.39 is 28.5 Å². The molecule has 0 heterocycles. The normalized spacial score (nSPS) is 14.6. The first-order valence-corrected chi connectivity index (χ1v) is 15.2. The molecule has 4 rings (SSSR count). The van der Waals surface area contributed by atoms with Crippen molar-refractivity contribution in [3.63, 3.8) is 0 Å². The lowest BCUT2D eigenvalue weighted by Crippen LogP contribution is -2.53. The molecule has 3 aromatic carbocycles. The summed E-state index contributed by atoms with van der Waals surface area (Å²) in [5, 5.41) is 4.72. The van der Waals surface area contributed by atoms with Gasteiger partial charge in [-0.25, -0.2) is 8.42 Å². The zero-order valence-corrected chi connectivity index (χ0v) is 23.6. The first-order valence-electron chi connectivity index (χ1n) is 13.4. The van der Waals surface area contributed by atoms with E-state index in [4.69, 9.17) is 4.74 Å². The molecule has 1 aliphatic rings. The third-order valence-corrected chi connectivity index (χ3v) is 8.44. The maximum Gasteiger partial charge on any atom is 0.244 e. The predicted molar refractivity (Wildman–Crippen MR) is 154 cm³/mol. The van der Waals surface area contributed by atoms with Crippen LogP contribution in [-0.4, -0.2) is 57.1 Å². The molecule has 1 aliphatic carbocycles. The van der Waals surface area contributed by atoms with Gasteiger partial charge in [-0.15, -0.1) is 0 Å². The van der Waals surface area contributed by atoms with E-state index in [2.05, 4.69) is 5.32 Å². The van der Waals surface area contributed by atoms with Gasteiger partial charge in [0, 0.05) is 18.0 Å². The van der Waals surface area contributed by atoms with E-state index in [1.807, 2.05) is 49.4 Å². The quantitative estimate of drug-likeness (QED) is 0.379. The molecule has 9 heteroatoms. The highest BCUT2D eigenvalue weighted by Gasteiger charge is 2.33. The largest absolute Gasteiger partial charge is 0.497 e. The van der Waals surface area contributed by atoms with Crippen LogP contribution in [0.3, 0.4) is 0 Å². The summed E-state index contributed by atoms with van der Waals surface area (Å²) in [6.45, 7) is 1.61. The fraction of sp³-hybridized carbons (Fsp3) is 0.400. The molecule has 3 aromatic rings. The number of hydrogen-bond donors (Lipinski definition) is 1. The van der Waals surface area contributed by atoms with E-state index in [1.54, 1.807) is 31.4 Å². The lowest BCUT2D eigenvalue weighted by atomic mass is 10.1. The van der Waals surface area contributed by atoms with Crippen molar-refractivity contribution >= 4 is 38.3 Å². The van der Waals surface area contributed by atoms with Crippen LogP contribution in [0.2, 0.25) is 0 Å². The molecule has 1 atom stereocenters. The fourth-order valence-corrected chi connectivity index (χ4v) is 6.10. The Morgan fingerprint density at radius 3 is 2.31 bits per heavy atom. The van der Waals surface area contributed by atoms with Crippen LogP contribution in [0, 0.1) is 0 Å². The predicted octanol–water partition coefficient (Wildman–Crippen LogP) is 4.48. The molecule has 0 bridgehead atoms. The highest BCUT2D eigenvalue weighted by atomic mass is 32.2. The number of hydrogen-bond acceptors (Lipinski definition) is 5. The minimum absolute atomic E-state index is 0.104. The molecule has 208 valence electrons. The molecule has 1 N–H and O–H groups in total. The van der Waals surface area contributed by atoms with Crippen LogP contribution in [0.1, 0.15) is 44.6 Å². The Morgan fingerprint density at radius 1 is 1.00 bits per heavy atom. The number of amides is 2. The van der Waals surface area contributed by atoms with Gasteiger partial charge in [0.05, 0.1) is 19.1 Å². The van der Waals surface area contributed by atoms with Crippen LogP contribution in [0.4, 0.5) is 5.69 Å². The fourth-order valence-electron chi connectivity index (χ4n) is 5.24. The van der Waals surface area contributed by atoms with Crippen LogP contribution in [0.25, 0.3) is 10.8 Å². The molecule has 1 saturated carbocycles. The summed E-state index contributed by atoms with van der Waals surface area (Å²) in [5.74, 6) is 0.0294. The van der Waals surface area contributed by atoms with Gasteiger partial charge >= 0.3 is 0 Å². The van der Waals surface area contributed by atoms with Gasteiger partial charge < -0.3 is 15.0 Å². The number of anilines is 1. The van der Waals surface area contributed by atoms with Gasteiger partial charge in [0.15, 0.2) is 0 Å². The van der Waals surface area contributed by atoms with Crippen molar-refractivity contribution in [2.75, 3.05) is 24.2 Å². The van der Waals surface area contributed by atoms with E-state index in [1.165, 1.54) is 4.90 Å². The van der Waals surface area contributed by atoms with Gasteiger partial charge in [-0.2, -0.15) is 0 Å². The van der Waals surface area contributed by atoms with Crippen molar-refractivity contribution in [1.29, 1.82) is 0 Å². The van der Waals surface area contributed by atoms with Gasteiger partial charge in [-0.1, -0.05) is 68.3 Å². The third-order valence-electron chi connectivity index (χ3n) is 7.31. The van der Waals surface area contributed by atoms with Crippen molar-refractivity contribution in [2.45, 2.75) is 57.7 Å². The first kappa shape index (κ1) is 28.4. The monoisotopic (exact) mass is 551 g/mol. The zero-order valence-electron chi connectivity index (χ0n) is 22.8. The van der Waals surface area contributed by atoms with Crippen LogP contribution in [0.15, 0.2) is 66.7 Å². The van der Waals surface area contributed by atoms with Crippen molar-refractivity contribution in [2.24, 2.45) is 0 Å². The molecule has 0 unspecified atom stereocenters. The summed E-state index contributed by atoms with van der Waals surface area (Å²) in [7, 11) is -2.24. The molecule has 8 nitrogen and oxygen atoms in total. The molecular formula is C30H37N3O5S. The second-order valence-electron chi connectivity index (χ2n) is 10.1. The lowest BCUT2D eigenvalue weighted by molar-refractivity contribution is -0.140. The Kier molecular flexibility index (Phi) is 9.12. The molecule has 0 aromatic heterocycles. The smallest absolute Gasteiger partial charge is 0.244 e. The first-order chi connectivity index (χ1) is 18.7. The molecule has 39 heavy (non-hydrogen) atoms. The maximum atomic E-state index is 14.0. The molecular weight excluding hydrogens is 514 g/mol. The summed E-state index contributed by atoms with van der Waals surface area (Å²) in [6.07, 6.45) is 5.50. The lowest BCUT2D eigenvalue weighted by Gasteiger charge is -2.33. The van der Waals surface area contributed by atoms with Gasteiger partial charge in [0.1, 0.15) is 18.3 Å². The number of methoxy groups -OCH3 is 1. The van der Waals surface area contributed by atoms with Crippen molar-refractivity contribution in [3.05, 3.63) is 72.3 Å². The molecule has 0 aliphatic heterocycles. The number of ether oxygens (including phenoxy) is 1. The average Bonchev–Trinajstić information content (AvgIpc) is 3.44. The Balaban J connectivity index is 1.68. The van der Waals surface area contributed by atoms with E-state index in [0.717, 1.165) is 52.6 Å².